The van der Waals surface area contributed by atoms with E-state index < -0.39 is 5.97 Å². The number of rotatable bonds is 4. The molecule has 1 aromatic carbocycles. The molecule has 0 unspecified atom stereocenters. The molecule has 0 atom stereocenters. The summed E-state index contributed by atoms with van der Waals surface area (Å²) in [6.45, 7) is 1.64. The second-order valence-electron chi connectivity index (χ2n) is 3.89. The maximum atomic E-state index is 11.8. The third-order valence-electron chi connectivity index (χ3n) is 2.34. The molecule has 1 amide bonds. The number of anilines is 1. The SMILES string of the molecule is Cc1noc(NC(=O)c2ccc(/C=C/C(=O)O)cc2)n1. The van der Waals surface area contributed by atoms with E-state index in [-0.39, 0.29) is 11.9 Å². The van der Waals surface area contributed by atoms with Gasteiger partial charge in [-0.1, -0.05) is 17.3 Å². The van der Waals surface area contributed by atoms with E-state index >= 15 is 0 Å². The van der Waals surface area contributed by atoms with Crippen LogP contribution in [-0.4, -0.2) is 27.1 Å². The van der Waals surface area contributed by atoms with E-state index in [2.05, 4.69) is 15.5 Å². The Morgan fingerprint density at radius 2 is 2.00 bits per heavy atom. The fourth-order valence-electron chi connectivity index (χ4n) is 1.43. The molecule has 1 heterocycles. The molecule has 0 saturated carbocycles. The van der Waals surface area contributed by atoms with Crippen LogP contribution < -0.4 is 5.32 Å². The minimum Gasteiger partial charge on any atom is -0.478 e. The number of nitrogens with one attached hydrogen (secondary N) is 1. The number of carbonyl (C=O) groups excluding carboxylic acids is 1. The summed E-state index contributed by atoms with van der Waals surface area (Å²) in [4.78, 5) is 26.1. The molecule has 7 heteroatoms. The highest BCUT2D eigenvalue weighted by Gasteiger charge is 2.09. The van der Waals surface area contributed by atoms with Crippen LogP contribution in [0.3, 0.4) is 0 Å². The molecule has 2 aromatic rings. The molecule has 102 valence electrons. The molecule has 7 nitrogen and oxygen atoms in total. The van der Waals surface area contributed by atoms with Crippen molar-refractivity contribution in [3.63, 3.8) is 0 Å². The number of aryl methyl sites for hydroxylation is 1. The Hall–Kier alpha value is -2.96. The second-order valence-corrected chi connectivity index (χ2v) is 3.89. The fraction of sp³-hybridized carbons (Fsp3) is 0.0769. The molecule has 0 radical (unpaired) electrons. The predicted octanol–water partition coefficient (Wildman–Crippen LogP) is 1.73. The molecule has 0 aliphatic rings. The Balaban J connectivity index is 2.05. The zero-order chi connectivity index (χ0) is 14.5. The highest BCUT2D eigenvalue weighted by atomic mass is 16.5. The van der Waals surface area contributed by atoms with Crippen LogP contribution in [0.2, 0.25) is 0 Å². The molecule has 20 heavy (non-hydrogen) atoms. The topological polar surface area (TPSA) is 105 Å². The zero-order valence-corrected chi connectivity index (χ0v) is 10.5. The van der Waals surface area contributed by atoms with E-state index in [9.17, 15) is 9.59 Å². The molecule has 2 N–H and O–H groups in total. The minimum absolute atomic E-state index is 0.0300. The van der Waals surface area contributed by atoms with E-state index in [0.29, 0.717) is 17.0 Å². The average molecular weight is 273 g/mol. The van der Waals surface area contributed by atoms with Crippen molar-refractivity contribution in [1.29, 1.82) is 0 Å². The Bertz CT molecular complexity index is 659. The van der Waals surface area contributed by atoms with Crippen molar-refractivity contribution in [2.45, 2.75) is 6.92 Å². The van der Waals surface area contributed by atoms with Gasteiger partial charge < -0.3 is 9.63 Å². The van der Waals surface area contributed by atoms with Gasteiger partial charge in [0.1, 0.15) is 0 Å². The van der Waals surface area contributed by atoms with Crippen molar-refractivity contribution in [1.82, 2.24) is 10.1 Å². The zero-order valence-electron chi connectivity index (χ0n) is 10.5. The molecule has 0 bridgehead atoms. The predicted molar refractivity (Wildman–Crippen MR) is 70.1 cm³/mol. The van der Waals surface area contributed by atoms with Crippen molar-refractivity contribution in [2.24, 2.45) is 0 Å². The molecule has 2 rings (SSSR count). The molecule has 0 spiro atoms. The van der Waals surface area contributed by atoms with Gasteiger partial charge in [-0.3, -0.25) is 10.1 Å². The van der Waals surface area contributed by atoms with Crippen LogP contribution in [0.25, 0.3) is 6.08 Å². The second kappa shape index (κ2) is 5.79. The Morgan fingerprint density at radius 3 is 2.55 bits per heavy atom. The third-order valence-corrected chi connectivity index (χ3v) is 2.34. The van der Waals surface area contributed by atoms with Crippen LogP contribution >= 0.6 is 0 Å². The van der Waals surface area contributed by atoms with Gasteiger partial charge in [-0.25, -0.2) is 4.79 Å². The number of amides is 1. The average Bonchev–Trinajstić information content (AvgIpc) is 2.82. The van der Waals surface area contributed by atoms with Crippen LogP contribution in [0.5, 0.6) is 0 Å². The summed E-state index contributed by atoms with van der Waals surface area (Å²) in [5, 5.41) is 14.5. The smallest absolute Gasteiger partial charge is 0.328 e. The highest BCUT2D eigenvalue weighted by molar-refractivity contribution is 6.03. The number of carboxylic acid groups (broad SMARTS) is 1. The number of aliphatic carboxylic acids is 1. The summed E-state index contributed by atoms with van der Waals surface area (Å²) in [6, 6.07) is 6.43. The highest BCUT2D eigenvalue weighted by Crippen LogP contribution is 2.09. The van der Waals surface area contributed by atoms with Gasteiger partial charge in [-0.15, -0.1) is 0 Å². The van der Waals surface area contributed by atoms with Crippen molar-refractivity contribution >= 4 is 24.0 Å². The molecule has 0 aliphatic carbocycles. The van der Waals surface area contributed by atoms with Crippen molar-refractivity contribution < 1.29 is 19.2 Å². The van der Waals surface area contributed by atoms with Crippen LogP contribution in [0.1, 0.15) is 21.7 Å². The van der Waals surface area contributed by atoms with E-state index in [1.807, 2.05) is 0 Å². The summed E-state index contributed by atoms with van der Waals surface area (Å²) < 4.78 is 4.78. The Morgan fingerprint density at radius 1 is 1.30 bits per heavy atom. The normalized spacial score (nSPS) is 10.7. The van der Waals surface area contributed by atoms with Crippen LogP contribution in [0, 0.1) is 6.92 Å². The van der Waals surface area contributed by atoms with Crippen molar-refractivity contribution in [3.8, 4) is 0 Å². The number of carboxylic acids is 1. The van der Waals surface area contributed by atoms with E-state index in [1.165, 1.54) is 6.08 Å². The maximum Gasteiger partial charge on any atom is 0.328 e. The number of hydrogen-bond acceptors (Lipinski definition) is 5. The monoisotopic (exact) mass is 273 g/mol. The number of nitrogens with zero attached hydrogens (tertiary/aromatic N) is 2. The third kappa shape index (κ3) is 3.52. The maximum absolute atomic E-state index is 11.8. The summed E-state index contributed by atoms with van der Waals surface area (Å²) in [5.74, 6) is -0.990. The first kappa shape index (κ1) is 13.5. The molecule has 0 aliphatic heterocycles. The lowest BCUT2D eigenvalue weighted by molar-refractivity contribution is -0.131. The molecular formula is C13H11N3O4. The number of carbonyl (C=O) groups is 2. The van der Waals surface area contributed by atoms with Gasteiger partial charge in [-0.2, -0.15) is 4.98 Å². The van der Waals surface area contributed by atoms with E-state index in [4.69, 9.17) is 9.63 Å². The Kier molecular flexibility index (Phi) is 3.90. The summed E-state index contributed by atoms with van der Waals surface area (Å²) >= 11 is 0. The van der Waals surface area contributed by atoms with Gasteiger partial charge in [0.2, 0.25) is 0 Å². The largest absolute Gasteiger partial charge is 0.478 e. The number of aromatic nitrogens is 2. The van der Waals surface area contributed by atoms with Crippen LogP contribution in [-0.2, 0) is 4.79 Å². The summed E-state index contributed by atoms with van der Waals surface area (Å²) in [7, 11) is 0. The molecule has 0 saturated heterocycles. The van der Waals surface area contributed by atoms with Crippen molar-refractivity contribution in [2.75, 3.05) is 5.32 Å². The van der Waals surface area contributed by atoms with Crippen molar-refractivity contribution in [3.05, 3.63) is 47.3 Å². The van der Waals surface area contributed by atoms with Gasteiger partial charge in [0.15, 0.2) is 5.82 Å². The van der Waals surface area contributed by atoms with Gasteiger partial charge in [0.25, 0.3) is 5.91 Å². The first-order valence-electron chi connectivity index (χ1n) is 5.67. The van der Waals surface area contributed by atoms with E-state index in [1.54, 1.807) is 31.2 Å². The fourth-order valence-corrected chi connectivity index (χ4v) is 1.43. The van der Waals surface area contributed by atoms with E-state index in [0.717, 1.165) is 6.08 Å². The van der Waals surface area contributed by atoms with Gasteiger partial charge in [0.05, 0.1) is 0 Å². The lowest BCUT2D eigenvalue weighted by atomic mass is 10.1. The van der Waals surface area contributed by atoms with Crippen LogP contribution in [0.4, 0.5) is 6.01 Å². The lowest BCUT2D eigenvalue weighted by Crippen LogP contribution is -2.11. The first-order valence-corrected chi connectivity index (χ1v) is 5.67. The molecular weight excluding hydrogens is 262 g/mol. The molecule has 1 aromatic heterocycles. The summed E-state index contributed by atoms with van der Waals surface area (Å²) in [6.07, 6.45) is 2.46. The van der Waals surface area contributed by atoms with Gasteiger partial charge >= 0.3 is 12.0 Å². The molecule has 0 fully saturated rings. The first-order chi connectivity index (χ1) is 9.54. The lowest BCUT2D eigenvalue weighted by Gasteiger charge is -2.00. The minimum atomic E-state index is -1.03. The quantitative estimate of drug-likeness (QED) is 0.822. The standard InChI is InChI=1S/C13H11N3O4/c1-8-14-13(20-16-8)15-12(19)10-5-2-9(3-6-10)4-7-11(17)18/h2-7H,1H3,(H,17,18)(H,14,15,16,19)/b7-4+. The van der Waals surface area contributed by atoms with Gasteiger partial charge in [0, 0.05) is 11.6 Å². The van der Waals surface area contributed by atoms with Crippen LogP contribution in [0.15, 0.2) is 34.9 Å². The number of benzene rings is 1. The summed E-state index contributed by atoms with van der Waals surface area (Å²) in [5.41, 5.74) is 1.07. The number of hydrogen-bond donors (Lipinski definition) is 2. The van der Waals surface area contributed by atoms with Gasteiger partial charge in [-0.05, 0) is 30.7 Å². The Labute approximate surface area is 113 Å².